The van der Waals surface area contributed by atoms with Crippen LogP contribution >= 0.6 is 11.8 Å². The quantitative estimate of drug-likeness (QED) is 0.576. The lowest BCUT2D eigenvalue weighted by Crippen LogP contribution is -3.00. The molecule has 1 saturated carbocycles. The number of aliphatic imine (C=N–C) groups is 1. The summed E-state index contributed by atoms with van der Waals surface area (Å²) in [6, 6.07) is 0. The third-order valence-corrected chi connectivity index (χ3v) is 3.74. The highest BCUT2D eigenvalue weighted by Crippen LogP contribution is 2.38. The van der Waals surface area contributed by atoms with Crippen molar-refractivity contribution in [2.45, 2.75) is 44.1 Å². The van der Waals surface area contributed by atoms with Gasteiger partial charge in [-0.3, -0.25) is 4.99 Å². The largest absolute Gasteiger partial charge is 1.00 e. The Hall–Kier alpha value is 0.110. The van der Waals surface area contributed by atoms with E-state index in [2.05, 4.69) is 4.99 Å². The van der Waals surface area contributed by atoms with E-state index in [1.165, 1.54) is 44.3 Å². The zero-order valence-electron chi connectivity index (χ0n) is 7.76. The Morgan fingerprint density at radius 3 is 2.46 bits per heavy atom. The molecule has 0 saturated heterocycles. The van der Waals surface area contributed by atoms with Crippen LogP contribution in [0.3, 0.4) is 0 Å². The van der Waals surface area contributed by atoms with Gasteiger partial charge in [0, 0.05) is 5.75 Å². The van der Waals surface area contributed by atoms with Crippen molar-refractivity contribution in [2.75, 3.05) is 5.75 Å². The Labute approximate surface area is 90.2 Å². The molecule has 1 heterocycles. The fourth-order valence-corrected chi connectivity index (χ4v) is 3.19. The van der Waals surface area contributed by atoms with Gasteiger partial charge in [-0.15, -0.1) is 0 Å². The van der Waals surface area contributed by atoms with E-state index in [4.69, 9.17) is 5.73 Å². The summed E-state index contributed by atoms with van der Waals surface area (Å²) in [7, 11) is 0. The van der Waals surface area contributed by atoms with Gasteiger partial charge in [0.25, 0.3) is 0 Å². The summed E-state index contributed by atoms with van der Waals surface area (Å²) in [5.41, 5.74) is 6.02. The van der Waals surface area contributed by atoms with Gasteiger partial charge >= 0.3 is 0 Å². The maximum absolute atomic E-state index is 5.75. The molecule has 2 aliphatic rings. The van der Waals surface area contributed by atoms with Crippen molar-refractivity contribution in [2.24, 2.45) is 10.7 Å². The van der Waals surface area contributed by atoms with Crippen molar-refractivity contribution in [3.63, 3.8) is 0 Å². The van der Waals surface area contributed by atoms with Crippen molar-refractivity contribution in [3.8, 4) is 0 Å². The van der Waals surface area contributed by atoms with Gasteiger partial charge in [-0.1, -0.05) is 31.0 Å². The Morgan fingerprint density at radius 2 is 1.85 bits per heavy atom. The molecule has 0 radical (unpaired) electrons. The van der Waals surface area contributed by atoms with Gasteiger partial charge in [-0.05, 0) is 19.3 Å². The minimum Gasteiger partial charge on any atom is -1.00 e. The third-order valence-electron chi connectivity index (χ3n) is 2.95. The van der Waals surface area contributed by atoms with Crippen molar-refractivity contribution in [1.29, 1.82) is 0 Å². The van der Waals surface area contributed by atoms with Crippen LogP contribution in [-0.4, -0.2) is 16.5 Å². The highest BCUT2D eigenvalue weighted by Gasteiger charge is 2.33. The summed E-state index contributed by atoms with van der Waals surface area (Å²) in [4.78, 5) is 4.63. The van der Waals surface area contributed by atoms with Crippen molar-refractivity contribution < 1.29 is 12.4 Å². The highest BCUT2D eigenvalue weighted by atomic mass is 35.5. The molecule has 1 aliphatic carbocycles. The molecule has 2 nitrogen and oxygen atoms in total. The van der Waals surface area contributed by atoms with E-state index in [-0.39, 0.29) is 17.9 Å². The molecule has 1 fully saturated rings. The van der Waals surface area contributed by atoms with Crippen LogP contribution in [0.5, 0.6) is 0 Å². The molecule has 0 aromatic rings. The molecular weight excluding hydrogens is 204 g/mol. The van der Waals surface area contributed by atoms with Crippen LogP contribution < -0.4 is 18.1 Å². The monoisotopic (exact) mass is 219 g/mol. The summed E-state index contributed by atoms with van der Waals surface area (Å²) in [6.45, 7) is 0. The molecule has 0 unspecified atom stereocenters. The molecule has 0 bridgehead atoms. The average molecular weight is 220 g/mol. The van der Waals surface area contributed by atoms with E-state index >= 15 is 0 Å². The first-order valence-corrected chi connectivity index (χ1v) is 5.77. The van der Waals surface area contributed by atoms with E-state index < -0.39 is 0 Å². The van der Waals surface area contributed by atoms with Gasteiger partial charge in [-0.25, -0.2) is 0 Å². The van der Waals surface area contributed by atoms with Gasteiger partial charge in [0.05, 0.1) is 5.54 Å². The molecule has 76 valence electrons. The smallest absolute Gasteiger partial charge is 0.154 e. The van der Waals surface area contributed by atoms with Gasteiger partial charge in [0.1, 0.15) is 0 Å². The Kier molecular flexibility index (Phi) is 3.92. The zero-order valence-corrected chi connectivity index (χ0v) is 9.33. The van der Waals surface area contributed by atoms with E-state index in [1.54, 1.807) is 11.8 Å². The Balaban J connectivity index is 0.000000845. The zero-order chi connectivity index (χ0) is 8.44. The lowest BCUT2D eigenvalue weighted by Gasteiger charge is -2.36. The predicted octanol–water partition coefficient (Wildman–Crippen LogP) is -0.855. The summed E-state index contributed by atoms with van der Waals surface area (Å²) >= 11 is 1.71. The van der Waals surface area contributed by atoms with Crippen molar-refractivity contribution >= 4 is 16.9 Å². The first kappa shape index (κ1) is 11.2. The number of hydrogen-bond donors (Lipinski definition) is 1. The van der Waals surface area contributed by atoms with Crippen molar-refractivity contribution in [3.05, 3.63) is 0 Å². The van der Waals surface area contributed by atoms with Crippen LogP contribution in [0.2, 0.25) is 0 Å². The Bertz CT molecular complexity index is 200. The van der Waals surface area contributed by atoms with Crippen LogP contribution in [0.1, 0.15) is 38.5 Å². The van der Waals surface area contributed by atoms with Crippen LogP contribution in [0.25, 0.3) is 0 Å². The topological polar surface area (TPSA) is 38.4 Å². The van der Waals surface area contributed by atoms with Gasteiger partial charge in [0.2, 0.25) is 0 Å². The lowest BCUT2D eigenvalue weighted by atomic mass is 9.80. The SMILES string of the molecule is NC1=NC2(CCCCC2)CCS1.[Cl-]. The van der Waals surface area contributed by atoms with Gasteiger partial charge in [0.15, 0.2) is 5.17 Å². The maximum atomic E-state index is 5.75. The molecule has 0 aromatic carbocycles. The molecule has 4 heteroatoms. The van der Waals surface area contributed by atoms with Crippen LogP contribution in [-0.2, 0) is 0 Å². The van der Waals surface area contributed by atoms with E-state index in [0.29, 0.717) is 0 Å². The van der Waals surface area contributed by atoms with E-state index in [1.807, 2.05) is 0 Å². The number of thioether (sulfide) groups is 1. The fraction of sp³-hybridized carbons (Fsp3) is 0.889. The summed E-state index contributed by atoms with van der Waals surface area (Å²) < 4.78 is 0. The molecule has 13 heavy (non-hydrogen) atoms. The second kappa shape index (κ2) is 4.56. The number of nitrogens with two attached hydrogens (primary N) is 1. The normalized spacial score (nSPS) is 26.3. The number of nitrogens with zero attached hydrogens (tertiary/aromatic N) is 1. The van der Waals surface area contributed by atoms with Gasteiger partial charge in [-0.2, -0.15) is 0 Å². The standard InChI is InChI=1S/C9H16N2S.ClH/c10-8-11-9(6-7-12-8)4-2-1-3-5-9;/h1-7H2,(H2,10,11);1H/p-1. The lowest BCUT2D eigenvalue weighted by molar-refractivity contribution is -0.00000294. The molecule has 0 atom stereocenters. The average Bonchev–Trinajstić information content (AvgIpc) is 2.05. The van der Waals surface area contributed by atoms with Crippen LogP contribution in [0.4, 0.5) is 0 Å². The molecule has 0 aromatic heterocycles. The first-order chi connectivity index (χ1) is 5.81. The van der Waals surface area contributed by atoms with Crippen LogP contribution in [0.15, 0.2) is 4.99 Å². The molecule has 1 aliphatic heterocycles. The van der Waals surface area contributed by atoms with Gasteiger partial charge < -0.3 is 18.1 Å². The molecule has 2 N–H and O–H groups in total. The molecular formula is C9H16ClN2S-. The summed E-state index contributed by atoms with van der Waals surface area (Å²) in [6.07, 6.45) is 7.88. The number of hydrogen-bond acceptors (Lipinski definition) is 3. The second-order valence-electron chi connectivity index (χ2n) is 3.83. The Morgan fingerprint density at radius 1 is 1.15 bits per heavy atom. The third kappa shape index (κ3) is 2.53. The molecule has 2 rings (SSSR count). The van der Waals surface area contributed by atoms with E-state index in [9.17, 15) is 0 Å². The number of amidine groups is 1. The molecule has 1 spiro atoms. The fourth-order valence-electron chi connectivity index (χ4n) is 2.24. The van der Waals surface area contributed by atoms with Crippen LogP contribution in [0, 0.1) is 0 Å². The minimum absolute atomic E-state index is 0. The van der Waals surface area contributed by atoms with E-state index in [0.717, 1.165) is 5.17 Å². The first-order valence-electron chi connectivity index (χ1n) is 4.79. The predicted molar refractivity (Wildman–Crippen MR) is 54.5 cm³/mol. The second-order valence-corrected chi connectivity index (χ2v) is 4.95. The highest BCUT2D eigenvalue weighted by molar-refractivity contribution is 8.13. The summed E-state index contributed by atoms with van der Waals surface area (Å²) in [5.74, 6) is 1.18. The number of rotatable bonds is 0. The van der Waals surface area contributed by atoms with Crippen molar-refractivity contribution in [1.82, 2.24) is 0 Å². The molecule has 0 amide bonds. The number of halogens is 1. The summed E-state index contributed by atoms with van der Waals surface area (Å²) in [5, 5.41) is 0.822. The minimum atomic E-state index is 0. The maximum Gasteiger partial charge on any atom is 0.154 e.